The van der Waals surface area contributed by atoms with Crippen molar-refractivity contribution in [3.05, 3.63) is 11.3 Å². The lowest BCUT2D eigenvalue weighted by atomic mass is 9.98. The number of nitrogens with zero attached hydrogens (tertiary/aromatic N) is 3. The van der Waals surface area contributed by atoms with Crippen molar-refractivity contribution in [2.24, 2.45) is 18.5 Å². The fourth-order valence-electron chi connectivity index (χ4n) is 2.99. The van der Waals surface area contributed by atoms with Gasteiger partial charge in [-0.1, -0.05) is 0 Å². The van der Waals surface area contributed by atoms with E-state index < -0.39 is 5.91 Å². The van der Waals surface area contributed by atoms with Crippen molar-refractivity contribution in [1.29, 1.82) is 0 Å². The van der Waals surface area contributed by atoms with E-state index in [2.05, 4.69) is 10.00 Å². The van der Waals surface area contributed by atoms with Gasteiger partial charge in [0.15, 0.2) is 0 Å². The number of piperidine rings is 1. The van der Waals surface area contributed by atoms with E-state index in [-0.39, 0.29) is 12.1 Å². The maximum Gasteiger partial charge on any atom is 0.254 e. The van der Waals surface area contributed by atoms with Crippen molar-refractivity contribution < 1.29 is 9.53 Å². The zero-order chi connectivity index (χ0) is 14.9. The number of hydrogen-bond acceptors (Lipinski definition) is 5. The lowest BCUT2D eigenvalue weighted by Gasteiger charge is -2.40. The predicted molar refractivity (Wildman–Crippen MR) is 76.7 cm³/mol. The molecule has 1 aromatic heterocycles. The van der Waals surface area contributed by atoms with Crippen LogP contribution in [0.4, 0.5) is 5.82 Å². The van der Waals surface area contributed by atoms with Crippen LogP contribution in [0.15, 0.2) is 0 Å². The molecule has 1 amide bonds. The number of methoxy groups -OCH3 is 1. The highest BCUT2D eigenvalue weighted by Gasteiger charge is 2.32. The second kappa shape index (κ2) is 5.80. The average Bonchev–Trinajstić information content (AvgIpc) is 2.72. The molecule has 0 spiro atoms. The van der Waals surface area contributed by atoms with E-state index in [1.807, 2.05) is 7.05 Å². The third-order valence-electron chi connectivity index (χ3n) is 3.98. The summed E-state index contributed by atoms with van der Waals surface area (Å²) in [6.45, 7) is 3.07. The van der Waals surface area contributed by atoms with Gasteiger partial charge in [-0.05, 0) is 19.8 Å². The van der Waals surface area contributed by atoms with Crippen molar-refractivity contribution in [1.82, 2.24) is 9.78 Å². The first-order chi connectivity index (χ1) is 9.49. The Hall–Kier alpha value is -1.60. The van der Waals surface area contributed by atoms with E-state index in [4.69, 9.17) is 16.2 Å². The monoisotopic (exact) mass is 281 g/mol. The quantitative estimate of drug-likeness (QED) is 0.794. The van der Waals surface area contributed by atoms with Crippen LogP contribution in [0.3, 0.4) is 0 Å². The zero-order valence-electron chi connectivity index (χ0n) is 12.3. The number of amides is 1. The van der Waals surface area contributed by atoms with E-state index in [1.165, 1.54) is 0 Å². The highest BCUT2D eigenvalue weighted by molar-refractivity contribution is 5.99. The first kappa shape index (κ1) is 14.8. The molecule has 7 nitrogen and oxygen atoms in total. The van der Waals surface area contributed by atoms with E-state index in [0.29, 0.717) is 17.8 Å². The molecule has 1 fully saturated rings. The summed E-state index contributed by atoms with van der Waals surface area (Å²) in [7, 11) is 3.54. The molecule has 0 aliphatic carbocycles. The Kier molecular flexibility index (Phi) is 4.29. The molecule has 112 valence electrons. The van der Waals surface area contributed by atoms with Crippen molar-refractivity contribution in [3.63, 3.8) is 0 Å². The molecule has 2 heterocycles. The summed E-state index contributed by atoms with van der Waals surface area (Å²) >= 11 is 0. The van der Waals surface area contributed by atoms with Crippen LogP contribution in [0.25, 0.3) is 0 Å². The largest absolute Gasteiger partial charge is 0.381 e. The molecular weight excluding hydrogens is 258 g/mol. The summed E-state index contributed by atoms with van der Waals surface area (Å²) in [5.41, 5.74) is 12.5. The van der Waals surface area contributed by atoms with Gasteiger partial charge >= 0.3 is 0 Å². The van der Waals surface area contributed by atoms with Gasteiger partial charge in [0.1, 0.15) is 11.4 Å². The molecule has 4 N–H and O–H groups in total. The van der Waals surface area contributed by atoms with Crippen LogP contribution in [0.5, 0.6) is 0 Å². The summed E-state index contributed by atoms with van der Waals surface area (Å²) in [6.07, 6.45) is 1.95. The van der Waals surface area contributed by atoms with E-state index in [1.54, 1.807) is 18.7 Å². The third kappa shape index (κ3) is 2.51. The minimum absolute atomic E-state index is 0.126. The summed E-state index contributed by atoms with van der Waals surface area (Å²) in [6, 6.07) is 0.126. The van der Waals surface area contributed by atoms with Crippen molar-refractivity contribution in [3.8, 4) is 0 Å². The molecule has 1 aliphatic rings. The smallest absolute Gasteiger partial charge is 0.254 e. The molecule has 1 aromatic rings. The maximum atomic E-state index is 11.7. The van der Waals surface area contributed by atoms with Crippen LogP contribution in [-0.2, 0) is 11.8 Å². The Labute approximate surface area is 118 Å². The van der Waals surface area contributed by atoms with E-state index >= 15 is 0 Å². The molecule has 2 unspecified atom stereocenters. The van der Waals surface area contributed by atoms with Crippen LogP contribution in [0.1, 0.15) is 28.9 Å². The van der Waals surface area contributed by atoms with Gasteiger partial charge in [-0.15, -0.1) is 0 Å². The van der Waals surface area contributed by atoms with Gasteiger partial charge in [-0.25, -0.2) is 0 Å². The number of nitrogens with two attached hydrogens (primary N) is 2. The lowest BCUT2D eigenvalue weighted by molar-refractivity contribution is 0.0705. The van der Waals surface area contributed by atoms with Gasteiger partial charge < -0.3 is 21.1 Å². The molecular formula is C13H23N5O2. The normalized spacial score (nSPS) is 23.1. The van der Waals surface area contributed by atoms with Gasteiger partial charge in [-0.3, -0.25) is 9.48 Å². The Morgan fingerprint density at radius 3 is 2.80 bits per heavy atom. The second-order valence-electron chi connectivity index (χ2n) is 5.24. The SMILES string of the molecule is COC1CCN(c2c(C(N)=O)c(C)nn2C)C(CN)C1. The summed E-state index contributed by atoms with van der Waals surface area (Å²) < 4.78 is 7.14. The zero-order valence-corrected chi connectivity index (χ0v) is 12.3. The number of anilines is 1. The first-order valence-corrected chi connectivity index (χ1v) is 6.82. The predicted octanol–water partition coefficient (Wildman–Crippen LogP) is -0.230. The summed E-state index contributed by atoms with van der Waals surface area (Å²) in [5, 5.41) is 4.32. The Morgan fingerprint density at radius 1 is 1.55 bits per heavy atom. The standard InChI is InChI=1S/C13H23N5O2/c1-8-11(12(15)19)13(17(2)16-8)18-5-4-10(20-3)6-9(18)7-14/h9-10H,4-7,14H2,1-3H3,(H2,15,19). The van der Waals surface area contributed by atoms with Crippen LogP contribution >= 0.6 is 0 Å². The van der Waals surface area contributed by atoms with Gasteiger partial charge in [0, 0.05) is 33.3 Å². The Morgan fingerprint density at radius 2 is 2.25 bits per heavy atom. The number of aromatic nitrogens is 2. The lowest BCUT2D eigenvalue weighted by Crippen LogP contribution is -2.50. The first-order valence-electron chi connectivity index (χ1n) is 6.82. The number of aryl methyl sites for hydroxylation is 2. The van der Waals surface area contributed by atoms with Crippen LogP contribution in [-0.4, -0.2) is 48.0 Å². The van der Waals surface area contributed by atoms with Crippen molar-refractivity contribution in [2.75, 3.05) is 25.1 Å². The molecule has 2 atom stereocenters. The summed E-state index contributed by atoms with van der Waals surface area (Å²) in [4.78, 5) is 13.8. The highest BCUT2D eigenvalue weighted by Crippen LogP contribution is 2.29. The molecule has 20 heavy (non-hydrogen) atoms. The minimum Gasteiger partial charge on any atom is -0.381 e. The number of carbonyl (C=O) groups excluding carboxylic acids is 1. The Balaban J connectivity index is 2.38. The van der Waals surface area contributed by atoms with Crippen LogP contribution < -0.4 is 16.4 Å². The second-order valence-corrected chi connectivity index (χ2v) is 5.24. The van der Waals surface area contributed by atoms with Crippen LogP contribution in [0.2, 0.25) is 0 Å². The van der Waals surface area contributed by atoms with Crippen LogP contribution in [0, 0.1) is 6.92 Å². The Bertz CT molecular complexity index is 499. The average molecular weight is 281 g/mol. The van der Waals surface area contributed by atoms with Gasteiger partial charge in [0.2, 0.25) is 0 Å². The third-order valence-corrected chi connectivity index (χ3v) is 3.98. The minimum atomic E-state index is -0.449. The fraction of sp³-hybridized carbons (Fsp3) is 0.692. The molecule has 1 aliphatic heterocycles. The molecule has 1 saturated heterocycles. The highest BCUT2D eigenvalue weighted by atomic mass is 16.5. The molecule has 2 rings (SSSR count). The number of hydrogen-bond donors (Lipinski definition) is 2. The van der Waals surface area contributed by atoms with Crippen molar-refractivity contribution in [2.45, 2.75) is 31.9 Å². The molecule has 0 radical (unpaired) electrons. The number of carbonyl (C=O) groups is 1. The number of ether oxygens (including phenoxy) is 1. The van der Waals surface area contributed by atoms with Gasteiger partial charge in [-0.2, -0.15) is 5.10 Å². The van der Waals surface area contributed by atoms with Gasteiger partial charge in [0.25, 0.3) is 5.91 Å². The number of primary amides is 1. The summed E-state index contributed by atoms with van der Waals surface area (Å²) in [5.74, 6) is 0.315. The fourth-order valence-corrected chi connectivity index (χ4v) is 2.99. The van der Waals surface area contributed by atoms with Gasteiger partial charge in [0.05, 0.1) is 11.8 Å². The number of rotatable bonds is 4. The van der Waals surface area contributed by atoms with E-state index in [0.717, 1.165) is 25.2 Å². The maximum absolute atomic E-state index is 11.7. The van der Waals surface area contributed by atoms with Crippen molar-refractivity contribution >= 4 is 11.7 Å². The molecule has 0 bridgehead atoms. The molecule has 0 saturated carbocycles. The molecule has 7 heteroatoms. The molecule has 0 aromatic carbocycles. The van der Waals surface area contributed by atoms with E-state index in [9.17, 15) is 4.79 Å². The topological polar surface area (TPSA) is 99.4 Å².